The number of anilines is 1. The van der Waals surface area contributed by atoms with Gasteiger partial charge in [0.1, 0.15) is 18.2 Å². The minimum Gasteiger partial charge on any atom is -0.486 e. The second kappa shape index (κ2) is 8.82. The van der Waals surface area contributed by atoms with Crippen LogP contribution in [0.4, 0.5) is 5.69 Å². The molecule has 0 unspecified atom stereocenters. The average Bonchev–Trinajstić information content (AvgIpc) is 3.21. The highest BCUT2D eigenvalue weighted by molar-refractivity contribution is 7.18. The number of nitrogens with one attached hydrogen (secondary N) is 1. The van der Waals surface area contributed by atoms with E-state index in [1.807, 2.05) is 31.2 Å². The summed E-state index contributed by atoms with van der Waals surface area (Å²) in [6.07, 6.45) is 0. The van der Waals surface area contributed by atoms with Gasteiger partial charge in [-0.3, -0.25) is 14.6 Å². The van der Waals surface area contributed by atoms with Gasteiger partial charge in [-0.2, -0.15) is 0 Å². The second-order valence-electron chi connectivity index (χ2n) is 7.91. The number of hydrogen-bond acceptors (Lipinski definition) is 7. The summed E-state index contributed by atoms with van der Waals surface area (Å²) in [7, 11) is 0. The quantitative estimate of drug-likeness (QED) is 0.660. The van der Waals surface area contributed by atoms with E-state index in [4.69, 9.17) is 14.5 Å². The molecule has 1 N–H and O–H groups in total. The third-order valence-corrected chi connectivity index (χ3v) is 6.86. The molecular formula is C23H26N4O3S. The van der Waals surface area contributed by atoms with Crippen LogP contribution in [0, 0.1) is 0 Å². The van der Waals surface area contributed by atoms with Crippen molar-refractivity contribution in [3.8, 4) is 11.5 Å². The summed E-state index contributed by atoms with van der Waals surface area (Å²) in [6, 6.07) is 13.6. The van der Waals surface area contributed by atoms with Gasteiger partial charge < -0.3 is 14.8 Å². The van der Waals surface area contributed by atoms with Crippen LogP contribution in [0.3, 0.4) is 0 Å². The molecule has 0 radical (unpaired) electrons. The molecule has 3 heterocycles. The Bertz CT molecular complexity index is 1040. The van der Waals surface area contributed by atoms with Crippen LogP contribution in [-0.2, 0) is 11.3 Å². The summed E-state index contributed by atoms with van der Waals surface area (Å²) >= 11 is 1.76. The van der Waals surface area contributed by atoms with Gasteiger partial charge in [0.25, 0.3) is 0 Å². The first kappa shape index (κ1) is 20.2. The minimum atomic E-state index is -0.196. The van der Waals surface area contributed by atoms with Crippen molar-refractivity contribution in [2.24, 2.45) is 0 Å². The summed E-state index contributed by atoms with van der Waals surface area (Å²) in [6.45, 7) is 7.50. The zero-order valence-electron chi connectivity index (χ0n) is 17.5. The number of fused-ring (bicyclic) bond motifs is 2. The van der Waals surface area contributed by atoms with Crippen molar-refractivity contribution in [3.63, 3.8) is 0 Å². The lowest BCUT2D eigenvalue weighted by atomic mass is 10.2. The number of rotatable bonds is 5. The molecule has 8 heteroatoms. The summed E-state index contributed by atoms with van der Waals surface area (Å²) in [5.41, 5.74) is 1.81. The van der Waals surface area contributed by atoms with Crippen LogP contribution in [0.2, 0.25) is 0 Å². The Morgan fingerprint density at radius 2 is 1.87 bits per heavy atom. The molecule has 3 aromatic rings. The fourth-order valence-corrected chi connectivity index (χ4v) is 5.03. The first-order chi connectivity index (χ1) is 15.2. The number of hydrogen-bond donors (Lipinski definition) is 1. The molecule has 2 aliphatic heterocycles. The number of amides is 1. The number of carbonyl (C=O) groups excluding carboxylic acids is 1. The standard InChI is InChI=1S/C23H26N4O3S/c1-16(23(28)24-17-6-7-19-20(14-17)30-13-12-29-19)27-10-8-26(9-11-27)15-22-25-18-4-2-3-5-21(18)31-22/h2-7,14,16H,8-13,15H2,1H3,(H,24,28)/t16-/m1/s1. The Morgan fingerprint density at radius 3 is 2.68 bits per heavy atom. The highest BCUT2D eigenvalue weighted by atomic mass is 32.1. The fourth-order valence-electron chi connectivity index (χ4n) is 4.02. The van der Waals surface area contributed by atoms with Crippen molar-refractivity contribution >= 4 is 33.1 Å². The molecule has 7 nitrogen and oxygen atoms in total. The lowest BCUT2D eigenvalue weighted by Crippen LogP contribution is -2.52. The molecule has 31 heavy (non-hydrogen) atoms. The first-order valence-electron chi connectivity index (χ1n) is 10.7. The van der Waals surface area contributed by atoms with E-state index in [-0.39, 0.29) is 11.9 Å². The molecule has 1 aromatic heterocycles. The summed E-state index contributed by atoms with van der Waals surface area (Å²) < 4.78 is 12.4. The van der Waals surface area contributed by atoms with E-state index < -0.39 is 0 Å². The van der Waals surface area contributed by atoms with E-state index in [0.29, 0.717) is 19.0 Å². The lowest BCUT2D eigenvalue weighted by molar-refractivity contribution is -0.121. The Kier molecular flexibility index (Phi) is 5.76. The van der Waals surface area contributed by atoms with E-state index >= 15 is 0 Å². The Morgan fingerprint density at radius 1 is 1.10 bits per heavy atom. The number of ether oxygens (including phenoxy) is 2. The van der Waals surface area contributed by atoms with Crippen LogP contribution in [0.25, 0.3) is 10.2 Å². The van der Waals surface area contributed by atoms with E-state index in [1.165, 1.54) is 4.70 Å². The maximum Gasteiger partial charge on any atom is 0.241 e. The van der Waals surface area contributed by atoms with Crippen LogP contribution < -0.4 is 14.8 Å². The van der Waals surface area contributed by atoms with Crippen molar-refractivity contribution in [3.05, 3.63) is 47.5 Å². The summed E-state index contributed by atoms with van der Waals surface area (Å²) in [5.74, 6) is 1.40. The first-order valence-corrected chi connectivity index (χ1v) is 11.5. The number of carbonyl (C=O) groups is 1. The SMILES string of the molecule is C[C@H](C(=O)Nc1ccc2c(c1)OCCO2)N1CCN(Cc2nc3ccccc3s2)CC1. The molecule has 2 aliphatic rings. The van der Waals surface area contributed by atoms with Crippen molar-refractivity contribution in [2.45, 2.75) is 19.5 Å². The third kappa shape index (κ3) is 4.51. The molecule has 0 bridgehead atoms. The van der Waals surface area contributed by atoms with E-state index in [0.717, 1.165) is 54.7 Å². The van der Waals surface area contributed by atoms with Gasteiger partial charge in [0.2, 0.25) is 5.91 Å². The van der Waals surface area contributed by atoms with Gasteiger partial charge in [0, 0.05) is 37.9 Å². The number of para-hydroxylation sites is 1. The molecule has 1 fully saturated rings. The molecule has 0 saturated carbocycles. The second-order valence-corrected chi connectivity index (χ2v) is 9.03. The number of piperazine rings is 1. The van der Waals surface area contributed by atoms with Gasteiger partial charge in [0.15, 0.2) is 11.5 Å². The molecule has 1 amide bonds. The molecule has 162 valence electrons. The fraction of sp³-hybridized carbons (Fsp3) is 0.391. The van der Waals surface area contributed by atoms with Crippen LogP contribution in [0.1, 0.15) is 11.9 Å². The minimum absolute atomic E-state index is 0.00343. The molecule has 1 atom stereocenters. The number of benzene rings is 2. The summed E-state index contributed by atoms with van der Waals surface area (Å²) in [5, 5.41) is 4.17. The topological polar surface area (TPSA) is 66.9 Å². The van der Waals surface area contributed by atoms with E-state index in [9.17, 15) is 4.79 Å². The van der Waals surface area contributed by atoms with Gasteiger partial charge in [-0.1, -0.05) is 12.1 Å². The Labute approximate surface area is 185 Å². The Balaban J connectivity index is 1.14. The van der Waals surface area contributed by atoms with Crippen LogP contribution in [0.5, 0.6) is 11.5 Å². The monoisotopic (exact) mass is 438 g/mol. The maximum atomic E-state index is 12.8. The zero-order chi connectivity index (χ0) is 21.2. The van der Waals surface area contributed by atoms with Crippen molar-refractivity contribution in [2.75, 3.05) is 44.7 Å². The molecule has 0 spiro atoms. The highest BCUT2D eigenvalue weighted by Crippen LogP contribution is 2.32. The van der Waals surface area contributed by atoms with Gasteiger partial charge >= 0.3 is 0 Å². The van der Waals surface area contributed by atoms with Gasteiger partial charge in [-0.05, 0) is 31.2 Å². The largest absolute Gasteiger partial charge is 0.486 e. The molecule has 5 rings (SSSR count). The van der Waals surface area contributed by atoms with Crippen molar-refractivity contribution < 1.29 is 14.3 Å². The van der Waals surface area contributed by atoms with E-state index in [1.54, 1.807) is 11.3 Å². The molecular weight excluding hydrogens is 412 g/mol. The number of nitrogens with zero attached hydrogens (tertiary/aromatic N) is 3. The summed E-state index contributed by atoms with van der Waals surface area (Å²) in [4.78, 5) is 22.2. The van der Waals surface area contributed by atoms with Crippen molar-refractivity contribution in [1.29, 1.82) is 0 Å². The van der Waals surface area contributed by atoms with E-state index in [2.05, 4.69) is 33.3 Å². The average molecular weight is 439 g/mol. The van der Waals surface area contributed by atoms with Crippen LogP contribution in [-0.4, -0.2) is 66.1 Å². The highest BCUT2D eigenvalue weighted by Gasteiger charge is 2.26. The van der Waals surface area contributed by atoms with Crippen LogP contribution in [0.15, 0.2) is 42.5 Å². The molecule has 2 aromatic carbocycles. The maximum absolute atomic E-state index is 12.8. The molecule has 0 aliphatic carbocycles. The van der Waals surface area contributed by atoms with Gasteiger partial charge in [-0.25, -0.2) is 4.98 Å². The number of thiazole rings is 1. The van der Waals surface area contributed by atoms with Crippen LogP contribution >= 0.6 is 11.3 Å². The predicted octanol–water partition coefficient (Wildman–Crippen LogP) is 3.21. The predicted molar refractivity (Wildman–Crippen MR) is 122 cm³/mol. The normalized spacial score (nSPS) is 18.1. The zero-order valence-corrected chi connectivity index (χ0v) is 18.4. The Hall–Kier alpha value is -2.68. The van der Waals surface area contributed by atoms with Gasteiger partial charge in [-0.15, -0.1) is 11.3 Å². The molecule has 1 saturated heterocycles. The smallest absolute Gasteiger partial charge is 0.241 e. The van der Waals surface area contributed by atoms with Crippen molar-refractivity contribution in [1.82, 2.24) is 14.8 Å². The third-order valence-electron chi connectivity index (χ3n) is 5.84. The number of aromatic nitrogens is 1. The lowest BCUT2D eigenvalue weighted by Gasteiger charge is -2.37. The van der Waals surface area contributed by atoms with Gasteiger partial charge in [0.05, 0.1) is 22.8 Å².